The fraction of sp³-hybridized carbons (Fsp3) is 0.778. The van der Waals surface area contributed by atoms with Gasteiger partial charge in [0, 0.05) is 19.6 Å². The Kier molecular flexibility index (Phi) is 4.39. The van der Waals surface area contributed by atoms with Crippen LogP contribution in [-0.2, 0) is 9.59 Å². The molecule has 5 nitrogen and oxygen atoms in total. The minimum absolute atomic E-state index is 0.213. The summed E-state index contributed by atoms with van der Waals surface area (Å²) >= 11 is 0. The number of aliphatic hydroxyl groups is 1. The first-order chi connectivity index (χ1) is 6.75. The molecular weight excluding hydrogens is 184 g/mol. The third-order valence-electron chi connectivity index (χ3n) is 2.35. The Morgan fingerprint density at radius 3 is 2.71 bits per heavy atom. The maximum atomic E-state index is 11.5. The normalized spacial score (nSPS) is 17.9. The summed E-state index contributed by atoms with van der Waals surface area (Å²) in [5, 5.41) is 11.9. The van der Waals surface area contributed by atoms with Crippen molar-refractivity contribution >= 4 is 12.3 Å². The first-order valence-electron chi connectivity index (χ1n) is 4.89. The average molecular weight is 200 g/mol. The van der Waals surface area contributed by atoms with Gasteiger partial charge in [-0.1, -0.05) is 0 Å². The van der Waals surface area contributed by atoms with E-state index >= 15 is 0 Å². The zero-order valence-electron chi connectivity index (χ0n) is 8.11. The highest BCUT2D eigenvalue weighted by Gasteiger charge is 2.23. The minimum Gasteiger partial charge on any atom is -0.383 e. The highest BCUT2D eigenvalue weighted by atomic mass is 16.3. The molecule has 1 fully saturated rings. The van der Waals surface area contributed by atoms with Crippen molar-refractivity contribution in [3.63, 3.8) is 0 Å². The molecule has 14 heavy (non-hydrogen) atoms. The molecule has 1 rings (SSSR count). The van der Waals surface area contributed by atoms with Crippen LogP contribution in [0.25, 0.3) is 0 Å². The second-order valence-electron chi connectivity index (χ2n) is 3.41. The van der Waals surface area contributed by atoms with Crippen molar-refractivity contribution in [3.8, 4) is 0 Å². The quantitative estimate of drug-likeness (QED) is 0.446. The summed E-state index contributed by atoms with van der Waals surface area (Å²) in [6.07, 6.45) is 1.91. The summed E-state index contributed by atoms with van der Waals surface area (Å²) in [4.78, 5) is 23.1. The Morgan fingerprint density at radius 1 is 1.50 bits per heavy atom. The van der Waals surface area contributed by atoms with Crippen LogP contribution >= 0.6 is 0 Å². The van der Waals surface area contributed by atoms with Crippen LogP contribution in [0.2, 0.25) is 0 Å². The molecule has 0 saturated carbocycles. The summed E-state index contributed by atoms with van der Waals surface area (Å²) in [6.45, 7) is 1.83. The van der Waals surface area contributed by atoms with Crippen LogP contribution in [0.4, 0.5) is 0 Å². The molecule has 1 atom stereocenters. The van der Waals surface area contributed by atoms with E-state index < -0.39 is 6.10 Å². The van der Waals surface area contributed by atoms with Gasteiger partial charge in [0.2, 0.25) is 6.41 Å². The van der Waals surface area contributed by atoms with Gasteiger partial charge >= 0.3 is 0 Å². The Labute approximate surface area is 83.1 Å². The molecule has 0 aromatic rings. The third-order valence-corrected chi connectivity index (χ3v) is 2.35. The molecule has 0 aliphatic carbocycles. The van der Waals surface area contributed by atoms with Gasteiger partial charge in [-0.2, -0.15) is 0 Å². The molecule has 2 amide bonds. The smallest absolute Gasteiger partial charge is 0.251 e. The van der Waals surface area contributed by atoms with Crippen LogP contribution in [-0.4, -0.2) is 48.1 Å². The van der Waals surface area contributed by atoms with Gasteiger partial charge in [-0.05, 0) is 19.3 Å². The minimum atomic E-state index is -0.972. The highest BCUT2D eigenvalue weighted by molar-refractivity contribution is 5.80. The summed E-state index contributed by atoms with van der Waals surface area (Å²) in [5.74, 6) is -0.213. The molecule has 0 aromatic carbocycles. The predicted molar refractivity (Wildman–Crippen MR) is 50.5 cm³/mol. The lowest BCUT2D eigenvalue weighted by molar-refractivity contribution is -0.139. The van der Waals surface area contributed by atoms with Crippen LogP contribution in [0.15, 0.2) is 0 Å². The van der Waals surface area contributed by atoms with Crippen molar-refractivity contribution in [2.24, 2.45) is 0 Å². The Balaban J connectivity index is 2.24. The third kappa shape index (κ3) is 2.99. The Hall–Kier alpha value is -1.10. The molecule has 2 N–H and O–H groups in total. The molecule has 0 bridgehead atoms. The molecule has 0 unspecified atom stereocenters. The van der Waals surface area contributed by atoms with Crippen molar-refractivity contribution in [2.75, 3.05) is 19.6 Å². The summed E-state index contributed by atoms with van der Waals surface area (Å²) < 4.78 is 0. The molecular formula is C9H16N2O3. The van der Waals surface area contributed by atoms with Crippen molar-refractivity contribution in [2.45, 2.75) is 25.4 Å². The van der Waals surface area contributed by atoms with Gasteiger partial charge in [0.25, 0.3) is 5.91 Å². The van der Waals surface area contributed by atoms with Gasteiger partial charge in [-0.15, -0.1) is 0 Å². The number of rotatable bonds is 5. The summed E-state index contributed by atoms with van der Waals surface area (Å²) in [7, 11) is 0. The lowest BCUT2D eigenvalue weighted by atomic mass is 10.2. The first-order valence-corrected chi connectivity index (χ1v) is 4.89. The van der Waals surface area contributed by atoms with Crippen LogP contribution in [0.1, 0.15) is 19.3 Å². The monoisotopic (exact) mass is 200 g/mol. The van der Waals surface area contributed by atoms with E-state index in [0.717, 1.165) is 25.9 Å². The van der Waals surface area contributed by atoms with Crippen LogP contribution < -0.4 is 5.32 Å². The number of carbonyl (C=O) groups is 2. The van der Waals surface area contributed by atoms with Gasteiger partial charge in [0.15, 0.2) is 0 Å². The molecule has 0 aromatic heterocycles. The topological polar surface area (TPSA) is 69.6 Å². The molecule has 0 spiro atoms. The van der Waals surface area contributed by atoms with E-state index in [2.05, 4.69) is 5.32 Å². The van der Waals surface area contributed by atoms with Crippen LogP contribution in [0.3, 0.4) is 0 Å². The largest absolute Gasteiger partial charge is 0.383 e. The lowest BCUT2D eigenvalue weighted by Gasteiger charge is -2.19. The van der Waals surface area contributed by atoms with Crippen LogP contribution in [0.5, 0.6) is 0 Å². The van der Waals surface area contributed by atoms with Gasteiger partial charge in [-0.3, -0.25) is 9.59 Å². The SMILES string of the molecule is O=CNCC[C@H](O)C(=O)N1CCCC1. The Morgan fingerprint density at radius 2 is 2.14 bits per heavy atom. The highest BCUT2D eigenvalue weighted by Crippen LogP contribution is 2.09. The number of hydrogen-bond acceptors (Lipinski definition) is 3. The maximum absolute atomic E-state index is 11.5. The van der Waals surface area contributed by atoms with Crippen molar-refractivity contribution in [1.82, 2.24) is 10.2 Å². The second kappa shape index (κ2) is 5.59. The number of nitrogens with one attached hydrogen (secondary N) is 1. The Bertz CT molecular complexity index is 202. The average Bonchev–Trinajstić information content (AvgIpc) is 2.69. The van der Waals surface area contributed by atoms with Crippen molar-refractivity contribution in [1.29, 1.82) is 0 Å². The second-order valence-corrected chi connectivity index (χ2v) is 3.41. The molecule has 1 aliphatic heterocycles. The number of carbonyl (C=O) groups excluding carboxylic acids is 2. The van der Waals surface area contributed by atoms with Crippen LogP contribution in [0, 0.1) is 0 Å². The van der Waals surface area contributed by atoms with E-state index in [4.69, 9.17) is 0 Å². The standard InChI is InChI=1S/C9H16N2O3/c12-7-10-4-3-8(13)9(14)11-5-1-2-6-11/h7-8,13H,1-6H2,(H,10,12)/t8-/m0/s1. The molecule has 5 heteroatoms. The van der Waals surface area contributed by atoms with E-state index in [-0.39, 0.29) is 12.3 Å². The number of amides is 2. The number of aliphatic hydroxyl groups excluding tert-OH is 1. The van der Waals surface area contributed by atoms with Gasteiger partial charge in [-0.25, -0.2) is 0 Å². The van der Waals surface area contributed by atoms with Crippen molar-refractivity contribution < 1.29 is 14.7 Å². The number of likely N-dealkylation sites (tertiary alicyclic amines) is 1. The van der Waals surface area contributed by atoms with E-state index in [0.29, 0.717) is 13.0 Å². The fourth-order valence-corrected chi connectivity index (χ4v) is 1.55. The van der Waals surface area contributed by atoms with E-state index in [9.17, 15) is 14.7 Å². The van der Waals surface area contributed by atoms with Gasteiger partial charge in [0.1, 0.15) is 6.10 Å². The molecule has 1 saturated heterocycles. The zero-order valence-corrected chi connectivity index (χ0v) is 8.11. The fourth-order valence-electron chi connectivity index (χ4n) is 1.55. The molecule has 80 valence electrons. The van der Waals surface area contributed by atoms with E-state index in [1.807, 2.05) is 0 Å². The lowest BCUT2D eigenvalue weighted by Crippen LogP contribution is -2.38. The number of nitrogens with zero attached hydrogens (tertiary/aromatic N) is 1. The number of hydrogen-bond donors (Lipinski definition) is 2. The molecule has 1 heterocycles. The molecule has 1 aliphatic rings. The summed E-state index contributed by atoms with van der Waals surface area (Å²) in [6, 6.07) is 0. The van der Waals surface area contributed by atoms with E-state index in [1.165, 1.54) is 0 Å². The van der Waals surface area contributed by atoms with Gasteiger partial charge < -0.3 is 15.3 Å². The van der Waals surface area contributed by atoms with Gasteiger partial charge in [0.05, 0.1) is 0 Å². The first kappa shape index (κ1) is 11.0. The van der Waals surface area contributed by atoms with Crippen molar-refractivity contribution in [3.05, 3.63) is 0 Å². The zero-order chi connectivity index (χ0) is 10.4. The van der Waals surface area contributed by atoms with E-state index in [1.54, 1.807) is 4.90 Å². The predicted octanol–water partition coefficient (Wildman–Crippen LogP) is -0.894. The summed E-state index contributed by atoms with van der Waals surface area (Å²) in [5.41, 5.74) is 0. The maximum Gasteiger partial charge on any atom is 0.251 e. The molecule has 0 radical (unpaired) electrons.